The van der Waals surface area contributed by atoms with Gasteiger partial charge in [0, 0.05) is 21.8 Å². The van der Waals surface area contributed by atoms with E-state index >= 15 is 0 Å². The maximum atomic E-state index is 4.83. The van der Waals surface area contributed by atoms with Crippen molar-refractivity contribution in [3.05, 3.63) is 54.6 Å². The molecule has 0 N–H and O–H groups in total. The van der Waals surface area contributed by atoms with Gasteiger partial charge in [-0.15, -0.1) is 22.0 Å². The molecule has 0 aliphatic carbocycles. The lowest BCUT2D eigenvalue weighted by molar-refractivity contribution is 0.553. The third kappa shape index (κ3) is 2.29. The second kappa shape index (κ2) is 5.79. The molecule has 1 atom stereocenters. The normalized spacial score (nSPS) is 16.8. The summed E-state index contributed by atoms with van der Waals surface area (Å²) >= 11 is 3.66. The van der Waals surface area contributed by atoms with Crippen LogP contribution in [-0.2, 0) is 0 Å². The smallest absolute Gasteiger partial charge is 0.191 e. The molecule has 0 radical (unpaired) electrons. The average Bonchev–Trinajstić information content (AvgIpc) is 3.21. The van der Waals surface area contributed by atoms with Crippen LogP contribution < -0.4 is 0 Å². The van der Waals surface area contributed by atoms with Gasteiger partial charge in [0.05, 0.1) is 11.6 Å². The number of fused-ring (bicyclic) bond motifs is 5. The molecular formula is C18H14N4S2. The number of aromatic nitrogens is 4. The van der Waals surface area contributed by atoms with Gasteiger partial charge in [0.1, 0.15) is 5.69 Å². The zero-order chi connectivity index (χ0) is 15.9. The molecule has 118 valence electrons. The largest absolute Gasteiger partial charge is 0.297 e. The molecule has 6 heteroatoms. The summed E-state index contributed by atoms with van der Waals surface area (Å²) in [6.45, 7) is 0. The predicted octanol–water partition coefficient (Wildman–Crippen LogP) is 4.37. The highest BCUT2D eigenvalue weighted by Gasteiger charge is 2.30. The van der Waals surface area contributed by atoms with Crippen LogP contribution in [0.5, 0.6) is 0 Å². The topological polar surface area (TPSA) is 43.6 Å². The van der Waals surface area contributed by atoms with Gasteiger partial charge in [-0.1, -0.05) is 48.2 Å². The highest BCUT2D eigenvalue weighted by atomic mass is 32.2. The molecule has 2 aromatic carbocycles. The minimum atomic E-state index is 0.387. The SMILES string of the molecule is c1ccc(SC[C@@H]2CSc3nnc4c5ccccc5nc-4n32)cc1. The van der Waals surface area contributed by atoms with Gasteiger partial charge in [-0.3, -0.25) is 4.57 Å². The maximum Gasteiger partial charge on any atom is 0.191 e. The van der Waals surface area contributed by atoms with Crippen molar-refractivity contribution in [3.63, 3.8) is 0 Å². The molecule has 2 aromatic rings. The van der Waals surface area contributed by atoms with Gasteiger partial charge in [0.25, 0.3) is 0 Å². The molecule has 24 heavy (non-hydrogen) atoms. The Kier molecular flexibility index (Phi) is 3.45. The first-order valence-corrected chi connectivity index (χ1v) is 9.81. The molecule has 5 rings (SSSR count). The first-order valence-electron chi connectivity index (χ1n) is 7.84. The van der Waals surface area contributed by atoms with Gasteiger partial charge < -0.3 is 0 Å². The van der Waals surface area contributed by atoms with Crippen molar-refractivity contribution in [2.75, 3.05) is 11.5 Å². The number of benzene rings is 2. The molecule has 3 aliphatic heterocycles. The number of hydrogen-bond acceptors (Lipinski definition) is 5. The van der Waals surface area contributed by atoms with Crippen molar-refractivity contribution >= 4 is 34.4 Å². The molecule has 0 saturated carbocycles. The summed E-state index contributed by atoms with van der Waals surface area (Å²) < 4.78 is 2.28. The van der Waals surface area contributed by atoms with Gasteiger partial charge in [-0.25, -0.2) is 4.98 Å². The number of hydrogen-bond donors (Lipinski definition) is 0. The Morgan fingerprint density at radius 3 is 2.79 bits per heavy atom. The summed E-state index contributed by atoms with van der Waals surface area (Å²) in [5.74, 6) is 3.00. The molecule has 0 spiro atoms. The minimum absolute atomic E-state index is 0.387. The summed E-state index contributed by atoms with van der Waals surface area (Å²) in [5, 5.41) is 10.9. The van der Waals surface area contributed by atoms with Crippen LogP contribution in [0, 0.1) is 0 Å². The first-order chi connectivity index (χ1) is 11.9. The molecule has 0 amide bonds. The lowest BCUT2D eigenvalue weighted by Gasteiger charge is -2.16. The van der Waals surface area contributed by atoms with Gasteiger partial charge in [0.2, 0.25) is 0 Å². The van der Waals surface area contributed by atoms with E-state index in [9.17, 15) is 0 Å². The quantitative estimate of drug-likeness (QED) is 0.513. The van der Waals surface area contributed by atoms with Crippen molar-refractivity contribution in [1.29, 1.82) is 0 Å². The lowest BCUT2D eigenvalue weighted by Crippen LogP contribution is -2.15. The van der Waals surface area contributed by atoms with Crippen LogP contribution in [-0.4, -0.2) is 31.3 Å². The fraction of sp³-hybridized carbons (Fsp3) is 0.167. The zero-order valence-electron chi connectivity index (χ0n) is 12.8. The highest BCUT2D eigenvalue weighted by molar-refractivity contribution is 8.00. The van der Waals surface area contributed by atoms with Crippen LogP contribution in [0.4, 0.5) is 0 Å². The first kappa shape index (κ1) is 14.3. The van der Waals surface area contributed by atoms with E-state index in [1.54, 1.807) is 11.8 Å². The van der Waals surface area contributed by atoms with Crippen LogP contribution in [0.15, 0.2) is 64.6 Å². The fourth-order valence-corrected chi connectivity index (χ4v) is 5.29. The maximum absolute atomic E-state index is 4.83. The highest BCUT2D eigenvalue weighted by Crippen LogP contribution is 2.40. The third-order valence-corrected chi connectivity index (χ3v) is 6.47. The second-order valence-electron chi connectivity index (χ2n) is 5.74. The van der Waals surface area contributed by atoms with Crippen LogP contribution in [0.3, 0.4) is 0 Å². The standard InChI is InChI=1S/C18H14N4S2/c1-2-6-13(7-3-1)23-10-12-11-24-18-21-20-16-14-8-4-5-9-15(14)19-17(16)22(12)18/h1-9,12H,10-11H2/t12-/m1/s1. The summed E-state index contributed by atoms with van der Waals surface area (Å²) in [6, 6.07) is 19.1. The Morgan fingerprint density at radius 1 is 1.04 bits per heavy atom. The Balaban J connectivity index is 1.53. The number of rotatable bonds is 3. The molecule has 4 nitrogen and oxygen atoms in total. The molecular weight excluding hydrogens is 336 g/mol. The third-order valence-electron chi connectivity index (χ3n) is 4.22. The van der Waals surface area contributed by atoms with Crippen molar-refractivity contribution < 1.29 is 0 Å². The summed E-state index contributed by atoms with van der Waals surface area (Å²) in [5.41, 5.74) is 1.90. The molecule has 0 aromatic heterocycles. The predicted molar refractivity (Wildman–Crippen MR) is 98.9 cm³/mol. The van der Waals surface area contributed by atoms with E-state index in [4.69, 9.17) is 4.98 Å². The monoisotopic (exact) mass is 350 g/mol. The number of nitrogens with zero attached hydrogens (tertiary/aromatic N) is 4. The van der Waals surface area contributed by atoms with Gasteiger partial charge in [-0.2, -0.15) is 0 Å². The Bertz CT molecular complexity index is 983. The van der Waals surface area contributed by atoms with E-state index in [1.807, 2.05) is 30.0 Å². The van der Waals surface area contributed by atoms with Crippen molar-refractivity contribution in [1.82, 2.24) is 19.7 Å². The van der Waals surface area contributed by atoms with Crippen LogP contribution in [0.1, 0.15) is 6.04 Å². The molecule has 0 saturated heterocycles. The van der Waals surface area contributed by atoms with Crippen molar-refractivity contribution in [2.24, 2.45) is 0 Å². The Morgan fingerprint density at radius 2 is 1.88 bits per heavy atom. The van der Waals surface area contributed by atoms with Crippen LogP contribution in [0.25, 0.3) is 22.4 Å². The van der Waals surface area contributed by atoms with Crippen LogP contribution in [0.2, 0.25) is 0 Å². The molecule has 0 unspecified atom stereocenters. The van der Waals surface area contributed by atoms with E-state index in [1.165, 1.54) is 4.90 Å². The van der Waals surface area contributed by atoms with Gasteiger partial charge >= 0.3 is 0 Å². The number of thioether (sulfide) groups is 2. The summed E-state index contributed by atoms with van der Waals surface area (Å²) in [6.07, 6.45) is 0. The second-order valence-corrected chi connectivity index (χ2v) is 7.82. The average molecular weight is 350 g/mol. The van der Waals surface area contributed by atoms with Crippen LogP contribution >= 0.6 is 23.5 Å². The Labute approximate surface area is 148 Å². The molecule has 3 aliphatic rings. The van der Waals surface area contributed by atoms with E-state index in [-0.39, 0.29) is 0 Å². The summed E-state index contributed by atoms with van der Waals surface area (Å²) in [7, 11) is 0. The zero-order valence-corrected chi connectivity index (χ0v) is 14.4. The van der Waals surface area contributed by atoms with Crippen molar-refractivity contribution in [2.45, 2.75) is 16.1 Å². The molecule has 0 fully saturated rings. The summed E-state index contributed by atoms with van der Waals surface area (Å²) in [4.78, 5) is 6.13. The van der Waals surface area contributed by atoms with E-state index in [0.717, 1.165) is 39.1 Å². The molecule has 3 heterocycles. The van der Waals surface area contributed by atoms with Crippen molar-refractivity contribution in [3.8, 4) is 11.5 Å². The minimum Gasteiger partial charge on any atom is -0.297 e. The van der Waals surface area contributed by atoms with Gasteiger partial charge in [0.15, 0.2) is 11.0 Å². The fourth-order valence-electron chi connectivity index (χ4n) is 3.06. The Hall–Kier alpha value is -2.05. The molecule has 0 bridgehead atoms. The van der Waals surface area contributed by atoms with E-state index < -0.39 is 0 Å². The van der Waals surface area contributed by atoms with E-state index in [0.29, 0.717) is 6.04 Å². The number of para-hydroxylation sites is 1. The van der Waals surface area contributed by atoms with Gasteiger partial charge in [-0.05, 0) is 18.2 Å². The lowest BCUT2D eigenvalue weighted by atomic mass is 10.2. The van der Waals surface area contributed by atoms with E-state index in [2.05, 4.69) is 51.2 Å².